The summed E-state index contributed by atoms with van der Waals surface area (Å²) in [5.74, 6) is -0.416. The van der Waals surface area contributed by atoms with Gasteiger partial charge in [0.15, 0.2) is 6.10 Å². The second-order valence-corrected chi connectivity index (χ2v) is 13.1. The van der Waals surface area contributed by atoms with Gasteiger partial charge >= 0.3 is 12.0 Å². The fourth-order valence-electron chi connectivity index (χ4n) is 6.00. The summed E-state index contributed by atoms with van der Waals surface area (Å²) in [7, 11) is 1.41. The average Bonchev–Trinajstić information content (AvgIpc) is 2.88. The molecule has 0 radical (unpaired) electrons. The Bertz CT molecular complexity index is 1230. The molecule has 1 atom stereocenters. The second-order valence-electron chi connectivity index (χ2n) is 13.1. The number of piperidine rings is 1. The predicted octanol–water partition coefficient (Wildman–Crippen LogP) is 6.91. The molecule has 0 aliphatic carbocycles. The maximum absolute atomic E-state index is 13.6. The van der Waals surface area contributed by atoms with Crippen LogP contribution in [0.2, 0.25) is 0 Å². The first-order chi connectivity index (χ1) is 18.2. The Balaban J connectivity index is 1.82. The van der Waals surface area contributed by atoms with E-state index in [-0.39, 0.29) is 11.4 Å². The molecule has 2 aromatic rings. The number of likely N-dealkylation sites (tertiary alicyclic amines) is 1. The van der Waals surface area contributed by atoms with Crippen LogP contribution >= 0.6 is 0 Å². The van der Waals surface area contributed by atoms with Crippen LogP contribution in [0.5, 0.6) is 0 Å². The molecule has 4 rings (SSSR count). The van der Waals surface area contributed by atoms with Crippen LogP contribution in [0.25, 0.3) is 11.1 Å². The number of hydrogen-bond acceptors (Lipinski definition) is 4. The first-order valence-corrected chi connectivity index (χ1v) is 14.2. The molecular formula is C33H46N2O4. The van der Waals surface area contributed by atoms with E-state index >= 15 is 0 Å². The minimum Gasteiger partial charge on any atom is -0.467 e. The summed E-state index contributed by atoms with van der Waals surface area (Å²) in [5.41, 5.74) is 8.38. The average molecular weight is 535 g/mol. The van der Waals surface area contributed by atoms with Gasteiger partial charge in [0.25, 0.3) is 0 Å². The molecule has 0 unspecified atom stereocenters. The van der Waals surface area contributed by atoms with Crippen molar-refractivity contribution in [2.75, 3.05) is 26.7 Å². The number of carbonyl (C=O) groups excluding carboxylic acids is 2. The van der Waals surface area contributed by atoms with Gasteiger partial charge < -0.3 is 19.3 Å². The molecule has 1 fully saturated rings. The van der Waals surface area contributed by atoms with Gasteiger partial charge in [0, 0.05) is 31.7 Å². The van der Waals surface area contributed by atoms with Crippen molar-refractivity contribution < 1.29 is 19.1 Å². The van der Waals surface area contributed by atoms with Crippen LogP contribution in [-0.2, 0) is 27.2 Å². The first kappa shape index (κ1) is 29.1. The molecule has 2 aliphatic rings. The standard InChI is InChI=1S/C33H46N2O4/c1-21-10-12-24(13-11-21)27-22(2)25-14-17-35(31(37)34-18-15-33(7,8)16-19-34)20-26(25)23(3)28(27)29(30(36)38-9)39-32(4,5)6/h10-13,29H,14-20H2,1-9H3/t29-/m0/s1. The van der Waals surface area contributed by atoms with E-state index in [9.17, 15) is 9.59 Å². The van der Waals surface area contributed by atoms with Gasteiger partial charge in [-0.3, -0.25) is 0 Å². The molecule has 0 aromatic heterocycles. The molecule has 6 nitrogen and oxygen atoms in total. The fourth-order valence-corrected chi connectivity index (χ4v) is 6.00. The molecule has 2 aromatic carbocycles. The highest BCUT2D eigenvalue weighted by Gasteiger charge is 2.37. The number of urea groups is 1. The fraction of sp³-hybridized carbons (Fsp3) is 0.576. The smallest absolute Gasteiger partial charge is 0.339 e. The minimum atomic E-state index is -0.884. The Morgan fingerprint density at radius 1 is 0.897 bits per heavy atom. The lowest BCUT2D eigenvalue weighted by Crippen LogP contribution is -2.49. The summed E-state index contributed by atoms with van der Waals surface area (Å²) in [6.45, 7) is 19.5. The van der Waals surface area contributed by atoms with Gasteiger partial charge in [0.05, 0.1) is 12.7 Å². The van der Waals surface area contributed by atoms with Crippen molar-refractivity contribution in [1.82, 2.24) is 9.80 Å². The number of hydrogen-bond donors (Lipinski definition) is 0. The van der Waals surface area contributed by atoms with Gasteiger partial charge in [-0.15, -0.1) is 0 Å². The van der Waals surface area contributed by atoms with Gasteiger partial charge in [-0.25, -0.2) is 9.59 Å². The van der Waals surface area contributed by atoms with Gasteiger partial charge in [-0.2, -0.15) is 0 Å². The lowest BCUT2D eigenvalue weighted by atomic mass is 9.80. The molecule has 1 saturated heterocycles. The van der Waals surface area contributed by atoms with E-state index in [1.54, 1.807) is 0 Å². The largest absolute Gasteiger partial charge is 0.467 e. The molecule has 2 amide bonds. The van der Waals surface area contributed by atoms with Gasteiger partial charge in [-0.1, -0.05) is 43.7 Å². The van der Waals surface area contributed by atoms with E-state index < -0.39 is 17.7 Å². The van der Waals surface area contributed by atoms with Crippen LogP contribution in [-0.4, -0.2) is 54.1 Å². The molecule has 0 N–H and O–H groups in total. The number of nitrogens with zero attached hydrogens (tertiary/aromatic N) is 2. The Kier molecular flexibility index (Phi) is 8.18. The highest BCUT2D eigenvalue weighted by molar-refractivity contribution is 5.85. The number of benzene rings is 2. The number of methoxy groups -OCH3 is 1. The van der Waals surface area contributed by atoms with Crippen molar-refractivity contribution in [1.29, 1.82) is 0 Å². The number of amides is 2. The maximum atomic E-state index is 13.6. The lowest BCUT2D eigenvalue weighted by Gasteiger charge is -2.41. The molecule has 6 heteroatoms. The highest BCUT2D eigenvalue weighted by atomic mass is 16.6. The first-order valence-electron chi connectivity index (χ1n) is 14.2. The normalized spacial score (nSPS) is 18.0. The summed E-state index contributed by atoms with van der Waals surface area (Å²) in [6, 6.07) is 8.56. The van der Waals surface area contributed by atoms with E-state index in [0.29, 0.717) is 13.1 Å². The van der Waals surface area contributed by atoms with Gasteiger partial charge in [0.2, 0.25) is 0 Å². The number of aryl methyl sites for hydroxylation is 1. The second kappa shape index (κ2) is 11.0. The zero-order chi connectivity index (χ0) is 28.7. The molecular weight excluding hydrogens is 488 g/mol. The van der Waals surface area contributed by atoms with Gasteiger partial charge in [0.1, 0.15) is 0 Å². The predicted molar refractivity (Wildman–Crippen MR) is 156 cm³/mol. The van der Waals surface area contributed by atoms with E-state index in [4.69, 9.17) is 9.47 Å². The maximum Gasteiger partial charge on any atom is 0.339 e. The van der Waals surface area contributed by atoms with Crippen LogP contribution in [0.1, 0.15) is 86.9 Å². The zero-order valence-corrected chi connectivity index (χ0v) is 25.4. The van der Waals surface area contributed by atoms with Crippen molar-refractivity contribution in [3.05, 3.63) is 57.6 Å². The van der Waals surface area contributed by atoms with Crippen molar-refractivity contribution in [3.63, 3.8) is 0 Å². The Morgan fingerprint density at radius 3 is 2.08 bits per heavy atom. The monoisotopic (exact) mass is 534 g/mol. The van der Waals surface area contributed by atoms with Crippen molar-refractivity contribution in [2.45, 2.75) is 92.9 Å². The Labute approximate surface area is 234 Å². The SMILES string of the molecule is COC(=O)[C@@H](OC(C)(C)C)c1c(C)c2c(c(C)c1-c1ccc(C)cc1)CCN(C(=O)N1CCC(C)(C)CC1)C2. The van der Waals surface area contributed by atoms with Gasteiger partial charge in [-0.05, 0) is 99.6 Å². The molecule has 2 aliphatic heterocycles. The van der Waals surface area contributed by atoms with Crippen LogP contribution in [0.3, 0.4) is 0 Å². The van der Waals surface area contributed by atoms with Crippen LogP contribution in [0.4, 0.5) is 4.79 Å². The molecule has 0 spiro atoms. The quantitative estimate of drug-likeness (QED) is 0.400. The van der Waals surface area contributed by atoms with Crippen molar-refractivity contribution >= 4 is 12.0 Å². The molecule has 212 valence electrons. The van der Waals surface area contributed by atoms with Crippen molar-refractivity contribution in [3.8, 4) is 11.1 Å². The number of fused-ring (bicyclic) bond motifs is 1. The van der Waals surface area contributed by atoms with E-state index in [1.807, 2.05) is 30.6 Å². The van der Waals surface area contributed by atoms with E-state index in [1.165, 1.54) is 18.2 Å². The topological polar surface area (TPSA) is 59.1 Å². The molecule has 0 saturated carbocycles. The molecule has 2 heterocycles. The van der Waals surface area contributed by atoms with Crippen LogP contribution in [0.15, 0.2) is 24.3 Å². The zero-order valence-electron chi connectivity index (χ0n) is 25.4. The Hall–Kier alpha value is -2.86. The number of ether oxygens (including phenoxy) is 2. The van der Waals surface area contributed by atoms with Crippen LogP contribution < -0.4 is 0 Å². The van der Waals surface area contributed by atoms with E-state index in [0.717, 1.165) is 65.7 Å². The Morgan fingerprint density at radius 2 is 1.51 bits per heavy atom. The highest BCUT2D eigenvalue weighted by Crippen LogP contribution is 2.43. The summed E-state index contributed by atoms with van der Waals surface area (Å²) in [5, 5.41) is 0. The third-order valence-electron chi connectivity index (χ3n) is 8.45. The lowest BCUT2D eigenvalue weighted by molar-refractivity contribution is -0.164. The van der Waals surface area contributed by atoms with Crippen molar-refractivity contribution in [2.24, 2.45) is 5.41 Å². The molecule has 0 bridgehead atoms. The number of rotatable bonds is 4. The molecule has 39 heavy (non-hydrogen) atoms. The summed E-state index contributed by atoms with van der Waals surface area (Å²) < 4.78 is 11.7. The summed E-state index contributed by atoms with van der Waals surface area (Å²) in [4.78, 5) is 30.9. The third kappa shape index (κ3) is 6.16. The summed E-state index contributed by atoms with van der Waals surface area (Å²) in [6.07, 6.45) is 1.95. The third-order valence-corrected chi connectivity index (χ3v) is 8.45. The minimum absolute atomic E-state index is 0.118. The van der Waals surface area contributed by atoms with Crippen LogP contribution in [0, 0.1) is 26.2 Å². The number of esters is 1. The summed E-state index contributed by atoms with van der Waals surface area (Å²) >= 11 is 0. The van der Waals surface area contributed by atoms with E-state index in [2.05, 4.69) is 58.9 Å². The number of carbonyl (C=O) groups is 2.